The normalized spacial score (nSPS) is 11.1. The predicted molar refractivity (Wildman–Crippen MR) is 95.8 cm³/mol. The first-order valence-corrected chi connectivity index (χ1v) is 9.69. The Morgan fingerprint density at radius 3 is 2.46 bits per heavy atom. The highest BCUT2D eigenvalue weighted by Gasteiger charge is 2.19. The van der Waals surface area contributed by atoms with Crippen LogP contribution in [0.4, 0.5) is 0 Å². The number of benzene rings is 2. The number of halogens is 2. The van der Waals surface area contributed by atoms with Crippen LogP contribution in [0.5, 0.6) is 5.75 Å². The number of hydrogen-bond donors (Lipinski definition) is 1. The summed E-state index contributed by atoms with van der Waals surface area (Å²) < 4.78 is 32.5. The molecule has 2 rings (SSSR count). The topological polar surface area (TPSA) is 72.5 Å². The van der Waals surface area contributed by atoms with Gasteiger partial charge in [0.05, 0.1) is 22.4 Å². The summed E-state index contributed by atoms with van der Waals surface area (Å²) in [5.74, 6) is -0.0914. The number of carbonyl (C=O) groups is 1. The van der Waals surface area contributed by atoms with E-state index in [9.17, 15) is 13.2 Å². The highest BCUT2D eigenvalue weighted by atomic mass is 79.9. The van der Waals surface area contributed by atoms with E-state index >= 15 is 0 Å². The Morgan fingerprint density at radius 2 is 1.88 bits per heavy atom. The minimum absolute atomic E-state index is 0.0257. The molecule has 0 atom stereocenters. The molecular weight excluding hydrogens is 418 g/mol. The molecule has 2 aromatic rings. The molecule has 1 N–H and O–H groups in total. The maximum atomic E-state index is 12.3. The number of nitrogens with one attached hydrogen (secondary N) is 1. The number of ether oxygens (including phenoxy) is 1. The zero-order valence-electron chi connectivity index (χ0n) is 12.8. The van der Waals surface area contributed by atoms with Crippen molar-refractivity contribution < 1.29 is 17.9 Å². The molecule has 0 spiro atoms. The molecule has 24 heavy (non-hydrogen) atoms. The highest BCUT2D eigenvalue weighted by Crippen LogP contribution is 2.27. The van der Waals surface area contributed by atoms with Crippen LogP contribution in [-0.4, -0.2) is 20.9 Å². The SMILES string of the molecule is CCOc1ccc(S(=O)(=O)NC(=O)Cc2ccc(Cl)cc2)cc1Br. The van der Waals surface area contributed by atoms with Crippen molar-refractivity contribution in [1.29, 1.82) is 0 Å². The minimum Gasteiger partial charge on any atom is -0.493 e. The maximum absolute atomic E-state index is 12.3. The van der Waals surface area contributed by atoms with Gasteiger partial charge < -0.3 is 4.74 Å². The third kappa shape index (κ3) is 4.96. The first-order valence-electron chi connectivity index (χ1n) is 7.04. The van der Waals surface area contributed by atoms with Crippen molar-refractivity contribution in [3.8, 4) is 5.75 Å². The number of rotatable bonds is 6. The summed E-state index contributed by atoms with van der Waals surface area (Å²) in [6, 6.07) is 10.9. The lowest BCUT2D eigenvalue weighted by Gasteiger charge is -2.10. The molecule has 0 bridgehead atoms. The van der Waals surface area contributed by atoms with E-state index in [-0.39, 0.29) is 11.3 Å². The van der Waals surface area contributed by atoms with Gasteiger partial charge in [0.2, 0.25) is 5.91 Å². The summed E-state index contributed by atoms with van der Waals surface area (Å²) in [4.78, 5) is 12.0. The Morgan fingerprint density at radius 1 is 1.21 bits per heavy atom. The first kappa shape index (κ1) is 18.8. The van der Waals surface area contributed by atoms with Crippen molar-refractivity contribution in [2.45, 2.75) is 18.2 Å². The number of hydrogen-bond acceptors (Lipinski definition) is 4. The molecule has 0 saturated carbocycles. The van der Waals surface area contributed by atoms with Crippen molar-refractivity contribution in [2.24, 2.45) is 0 Å². The van der Waals surface area contributed by atoms with Gasteiger partial charge in [-0.05, 0) is 58.7 Å². The molecule has 0 aromatic heterocycles. The van der Waals surface area contributed by atoms with Crippen LogP contribution in [0.1, 0.15) is 12.5 Å². The molecule has 0 aliphatic rings. The van der Waals surface area contributed by atoms with Gasteiger partial charge in [-0.25, -0.2) is 13.1 Å². The molecule has 5 nitrogen and oxygen atoms in total. The summed E-state index contributed by atoms with van der Waals surface area (Å²) in [5, 5.41) is 0.547. The lowest BCUT2D eigenvalue weighted by atomic mass is 10.1. The summed E-state index contributed by atoms with van der Waals surface area (Å²) >= 11 is 9.03. The Bertz CT molecular complexity index is 838. The van der Waals surface area contributed by atoms with Gasteiger partial charge in [0.1, 0.15) is 5.75 Å². The Hall–Kier alpha value is -1.57. The van der Waals surface area contributed by atoms with Crippen molar-refractivity contribution >= 4 is 43.5 Å². The largest absolute Gasteiger partial charge is 0.493 e. The second kappa shape index (κ2) is 8.00. The lowest BCUT2D eigenvalue weighted by Crippen LogP contribution is -2.31. The molecule has 0 unspecified atom stereocenters. The van der Waals surface area contributed by atoms with Gasteiger partial charge in [0, 0.05) is 5.02 Å². The molecule has 0 radical (unpaired) electrons. The molecule has 0 aliphatic heterocycles. The van der Waals surface area contributed by atoms with Gasteiger partial charge in [-0.15, -0.1) is 0 Å². The third-order valence-corrected chi connectivity index (χ3v) is 5.28. The average molecular weight is 433 g/mol. The molecule has 0 heterocycles. The average Bonchev–Trinajstić information content (AvgIpc) is 2.51. The van der Waals surface area contributed by atoms with Crippen LogP contribution in [0.3, 0.4) is 0 Å². The zero-order chi connectivity index (χ0) is 17.7. The second-order valence-corrected chi connectivity index (χ2v) is 7.83. The van der Waals surface area contributed by atoms with Gasteiger partial charge in [0.25, 0.3) is 10.0 Å². The standard InChI is InChI=1S/C16H15BrClNO4S/c1-2-23-15-8-7-13(10-14(15)17)24(21,22)19-16(20)9-11-3-5-12(18)6-4-11/h3-8,10H,2,9H2,1H3,(H,19,20). The second-order valence-electron chi connectivity index (χ2n) is 4.86. The third-order valence-electron chi connectivity index (χ3n) is 3.04. The van der Waals surface area contributed by atoms with Crippen molar-refractivity contribution in [1.82, 2.24) is 4.72 Å². The molecule has 0 fully saturated rings. The van der Waals surface area contributed by atoms with E-state index in [1.165, 1.54) is 18.2 Å². The molecule has 8 heteroatoms. The van der Waals surface area contributed by atoms with Crippen LogP contribution in [0.15, 0.2) is 51.8 Å². The summed E-state index contributed by atoms with van der Waals surface area (Å²) in [6.07, 6.45) is -0.0609. The van der Waals surface area contributed by atoms with E-state index < -0.39 is 15.9 Å². The fourth-order valence-electron chi connectivity index (χ4n) is 1.95. The molecule has 0 aliphatic carbocycles. The molecular formula is C16H15BrClNO4S. The first-order chi connectivity index (χ1) is 11.3. The number of carbonyl (C=O) groups excluding carboxylic acids is 1. The number of amides is 1. The fourth-order valence-corrected chi connectivity index (χ4v) is 3.73. The lowest BCUT2D eigenvalue weighted by molar-refractivity contribution is -0.118. The van der Waals surface area contributed by atoms with E-state index in [0.29, 0.717) is 27.4 Å². The maximum Gasteiger partial charge on any atom is 0.264 e. The Balaban J connectivity index is 2.11. The van der Waals surface area contributed by atoms with Gasteiger partial charge >= 0.3 is 0 Å². The van der Waals surface area contributed by atoms with E-state index in [2.05, 4.69) is 20.7 Å². The number of sulfonamides is 1. The summed E-state index contributed by atoms with van der Waals surface area (Å²) in [5.41, 5.74) is 0.667. The summed E-state index contributed by atoms with van der Waals surface area (Å²) in [7, 11) is -3.95. The molecule has 1 amide bonds. The van der Waals surface area contributed by atoms with Crippen LogP contribution in [0, 0.1) is 0 Å². The van der Waals surface area contributed by atoms with E-state index in [4.69, 9.17) is 16.3 Å². The highest BCUT2D eigenvalue weighted by molar-refractivity contribution is 9.10. The predicted octanol–water partition coefficient (Wildman–Crippen LogP) is 3.55. The van der Waals surface area contributed by atoms with Gasteiger partial charge in [-0.1, -0.05) is 23.7 Å². The van der Waals surface area contributed by atoms with Crippen molar-refractivity contribution in [2.75, 3.05) is 6.61 Å². The van der Waals surface area contributed by atoms with Crippen LogP contribution in [0.25, 0.3) is 0 Å². The van der Waals surface area contributed by atoms with E-state index in [0.717, 1.165) is 0 Å². The molecule has 0 saturated heterocycles. The van der Waals surface area contributed by atoms with Crippen LogP contribution in [0.2, 0.25) is 5.02 Å². The van der Waals surface area contributed by atoms with Crippen LogP contribution in [-0.2, 0) is 21.2 Å². The minimum atomic E-state index is -3.95. The Labute approximate surface area is 154 Å². The molecule has 2 aromatic carbocycles. The smallest absolute Gasteiger partial charge is 0.264 e. The van der Waals surface area contributed by atoms with Crippen LogP contribution < -0.4 is 9.46 Å². The fraction of sp³-hybridized carbons (Fsp3) is 0.188. The van der Waals surface area contributed by atoms with Gasteiger partial charge in [0.15, 0.2) is 0 Å². The van der Waals surface area contributed by atoms with Gasteiger partial charge in [-0.2, -0.15) is 0 Å². The zero-order valence-corrected chi connectivity index (χ0v) is 15.9. The summed E-state index contributed by atoms with van der Waals surface area (Å²) in [6.45, 7) is 2.29. The van der Waals surface area contributed by atoms with E-state index in [1.807, 2.05) is 6.92 Å². The molecule has 128 valence electrons. The monoisotopic (exact) mass is 431 g/mol. The van der Waals surface area contributed by atoms with Crippen LogP contribution >= 0.6 is 27.5 Å². The van der Waals surface area contributed by atoms with Gasteiger partial charge in [-0.3, -0.25) is 4.79 Å². The van der Waals surface area contributed by atoms with E-state index in [1.54, 1.807) is 24.3 Å². The van der Waals surface area contributed by atoms with Crippen molar-refractivity contribution in [3.63, 3.8) is 0 Å². The Kier molecular flexibility index (Phi) is 6.26. The van der Waals surface area contributed by atoms with Crippen molar-refractivity contribution in [3.05, 3.63) is 57.5 Å². The quantitative estimate of drug-likeness (QED) is 0.758.